The van der Waals surface area contributed by atoms with Crippen molar-refractivity contribution in [2.75, 3.05) is 19.0 Å². The van der Waals surface area contributed by atoms with Crippen LogP contribution in [0.4, 0.5) is 11.4 Å². The molecule has 2 aromatic rings. The van der Waals surface area contributed by atoms with Gasteiger partial charge in [0, 0.05) is 31.4 Å². The Kier molecular flexibility index (Phi) is 5.49. The van der Waals surface area contributed by atoms with Crippen molar-refractivity contribution >= 4 is 35.1 Å². The van der Waals surface area contributed by atoms with Crippen molar-refractivity contribution in [3.63, 3.8) is 0 Å². The summed E-state index contributed by atoms with van der Waals surface area (Å²) in [7, 11) is 3.88. The maximum Gasteiger partial charge on any atom is 0.288 e. The number of anilines is 1. The molecular formula is C16H15ClN4O3. The summed E-state index contributed by atoms with van der Waals surface area (Å²) in [5.74, 6) is -0.559. The number of nitro benzene ring substituents is 1. The molecule has 0 radical (unpaired) electrons. The lowest BCUT2D eigenvalue weighted by atomic mass is 10.2. The van der Waals surface area contributed by atoms with Crippen LogP contribution in [0.3, 0.4) is 0 Å². The molecule has 0 spiro atoms. The van der Waals surface area contributed by atoms with Crippen LogP contribution in [0.5, 0.6) is 0 Å². The van der Waals surface area contributed by atoms with Gasteiger partial charge >= 0.3 is 0 Å². The van der Waals surface area contributed by atoms with E-state index in [0.29, 0.717) is 0 Å². The minimum atomic E-state index is -0.644. The van der Waals surface area contributed by atoms with Gasteiger partial charge in [-0.05, 0) is 29.8 Å². The number of nitrogens with one attached hydrogen (secondary N) is 1. The summed E-state index contributed by atoms with van der Waals surface area (Å²) in [5, 5.41) is 14.6. The molecule has 0 aliphatic heterocycles. The highest BCUT2D eigenvalue weighted by molar-refractivity contribution is 6.32. The fourth-order valence-electron chi connectivity index (χ4n) is 1.88. The molecule has 8 heteroatoms. The molecule has 7 nitrogen and oxygen atoms in total. The Hall–Kier alpha value is -2.93. The van der Waals surface area contributed by atoms with Gasteiger partial charge < -0.3 is 4.90 Å². The first-order valence-corrected chi connectivity index (χ1v) is 7.31. The largest absolute Gasteiger partial charge is 0.378 e. The number of hydrogen-bond acceptors (Lipinski definition) is 5. The number of nitrogens with zero attached hydrogens (tertiary/aromatic N) is 3. The molecule has 0 aromatic heterocycles. The van der Waals surface area contributed by atoms with Crippen LogP contribution in [0.1, 0.15) is 15.9 Å². The Morgan fingerprint density at radius 1 is 1.25 bits per heavy atom. The average molecular weight is 347 g/mol. The van der Waals surface area contributed by atoms with E-state index in [1.54, 1.807) is 0 Å². The molecule has 1 amide bonds. The second-order valence-electron chi connectivity index (χ2n) is 5.11. The van der Waals surface area contributed by atoms with Gasteiger partial charge in [-0.15, -0.1) is 0 Å². The van der Waals surface area contributed by atoms with Crippen molar-refractivity contribution in [3.05, 3.63) is 68.7 Å². The average Bonchev–Trinajstić information content (AvgIpc) is 2.55. The highest BCUT2D eigenvalue weighted by atomic mass is 35.5. The van der Waals surface area contributed by atoms with Crippen LogP contribution in [0.15, 0.2) is 47.6 Å². The van der Waals surface area contributed by atoms with E-state index in [1.165, 1.54) is 18.3 Å². The van der Waals surface area contributed by atoms with Crippen molar-refractivity contribution < 1.29 is 9.72 Å². The van der Waals surface area contributed by atoms with Gasteiger partial charge in [0.25, 0.3) is 11.6 Å². The predicted octanol–water partition coefficient (Wildman–Crippen LogP) is 3.08. The van der Waals surface area contributed by atoms with E-state index in [1.807, 2.05) is 43.3 Å². The minimum Gasteiger partial charge on any atom is -0.378 e. The Morgan fingerprint density at radius 2 is 1.92 bits per heavy atom. The summed E-state index contributed by atoms with van der Waals surface area (Å²) < 4.78 is 0. The second-order valence-corrected chi connectivity index (χ2v) is 5.52. The van der Waals surface area contributed by atoms with Crippen molar-refractivity contribution in [3.8, 4) is 0 Å². The molecule has 2 rings (SSSR count). The van der Waals surface area contributed by atoms with Crippen molar-refractivity contribution in [2.45, 2.75) is 0 Å². The highest BCUT2D eigenvalue weighted by Crippen LogP contribution is 2.24. The van der Waals surface area contributed by atoms with Gasteiger partial charge in [0.1, 0.15) is 5.02 Å². The molecule has 0 saturated heterocycles. The Labute approximate surface area is 143 Å². The Morgan fingerprint density at radius 3 is 2.50 bits per heavy atom. The van der Waals surface area contributed by atoms with Crippen molar-refractivity contribution in [1.82, 2.24) is 5.43 Å². The van der Waals surface area contributed by atoms with Crippen molar-refractivity contribution in [2.24, 2.45) is 5.10 Å². The van der Waals surface area contributed by atoms with Crippen LogP contribution in [0.2, 0.25) is 5.02 Å². The summed E-state index contributed by atoms with van der Waals surface area (Å²) in [6.07, 6.45) is 1.49. The molecule has 0 unspecified atom stereocenters. The highest BCUT2D eigenvalue weighted by Gasteiger charge is 2.15. The van der Waals surface area contributed by atoms with Crippen LogP contribution in [-0.2, 0) is 0 Å². The van der Waals surface area contributed by atoms with Gasteiger partial charge in [-0.1, -0.05) is 23.7 Å². The first-order chi connectivity index (χ1) is 11.4. The predicted molar refractivity (Wildman–Crippen MR) is 93.9 cm³/mol. The molecule has 2 aromatic carbocycles. The first-order valence-electron chi connectivity index (χ1n) is 6.93. The number of nitro groups is 1. The van der Waals surface area contributed by atoms with Gasteiger partial charge in [-0.25, -0.2) is 5.43 Å². The van der Waals surface area contributed by atoms with Gasteiger partial charge in [-0.3, -0.25) is 14.9 Å². The van der Waals surface area contributed by atoms with Crippen LogP contribution < -0.4 is 10.3 Å². The number of halogens is 1. The third-order valence-corrected chi connectivity index (χ3v) is 3.51. The van der Waals surface area contributed by atoms with E-state index in [2.05, 4.69) is 10.5 Å². The smallest absolute Gasteiger partial charge is 0.288 e. The molecular weight excluding hydrogens is 332 g/mol. The summed E-state index contributed by atoms with van der Waals surface area (Å²) in [4.78, 5) is 24.1. The maximum atomic E-state index is 12.0. The van der Waals surface area contributed by atoms with Crippen molar-refractivity contribution in [1.29, 1.82) is 0 Å². The number of rotatable bonds is 5. The van der Waals surface area contributed by atoms with Gasteiger partial charge in [0.15, 0.2) is 0 Å². The van der Waals surface area contributed by atoms with Crippen LogP contribution in [-0.4, -0.2) is 31.1 Å². The molecule has 1 N–H and O–H groups in total. The van der Waals surface area contributed by atoms with Gasteiger partial charge in [-0.2, -0.15) is 5.10 Å². The van der Waals surface area contributed by atoms with E-state index in [4.69, 9.17) is 11.6 Å². The number of carbonyl (C=O) groups excluding carboxylic acids is 1. The number of amides is 1. The molecule has 24 heavy (non-hydrogen) atoms. The van der Waals surface area contributed by atoms with Crippen LogP contribution >= 0.6 is 11.6 Å². The van der Waals surface area contributed by atoms with E-state index in [9.17, 15) is 14.9 Å². The lowest BCUT2D eigenvalue weighted by molar-refractivity contribution is -0.384. The maximum absolute atomic E-state index is 12.0. The quantitative estimate of drug-likeness (QED) is 0.512. The molecule has 0 aliphatic carbocycles. The van der Waals surface area contributed by atoms with Crippen LogP contribution in [0, 0.1) is 10.1 Å². The topological polar surface area (TPSA) is 87.8 Å². The number of benzene rings is 2. The zero-order valence-corrected chi connectivity index (χ0v) is 13.8. The minimum absolute atomic E-state index is 0.0268. The second kappa shape index (κ2) is 7.56. The lowest BCUT2D eigenvalue weighted by Gasteiger charge is -2.11. The molecule has 0 bridgehead atoms. The monoisotopic (exact) mass is 346 g/mol. The number of hydrazone groups is 1. The fraction of sp³-hybridized carbons (Fsp3) is 0.125. The standard InChI is InChI=1S/C16H15ClN4O3/c1-20(2)13-6-3-11(4-7-13)10-18-19-16(22)12-5-8-14(17)15(9-12)21(23)24/h3-10H,1-2H3,(H,19,22)/b18-10+. The SMILES string of the molecule is CN(C)c1ccc(/C=N/NC(=O)c2ccc(Cl)c([N+](=O)[O-])c2)cc1. The molecule has 124 valence electrons. The van der Waals surface area contributed by atoms with E-state index in [-0.39, 0.29) is 16.3 Å². The zero-order chi connectivity index (χ0) is 17.7. The first kappa shape index (κ1) is 17.4. The normalized spacial score (nSPS) is 10.6. The van der Waals surface area contributed by atoms with Gasteiger partial charge in [0.05, 0.1) is 11.1 Å². The summed E-state index contributed by atoms with van der Waals surface area (Å²) in [5.41, 5.74) is 3.96. The summed E-state index contributed by atoms with van der Waals surface area (Å²) in [6.45, 7) is 0. The molecule has 0 heterocycles. The number of carbonyl (C=O) groups is 1. The number of hydrogen-bond donors (Lipinski definition) is 1. The van der Waals surface area contributed by atoms with Crippen LogP contribution in [0.25, 0.3) is 0 Å². The molecule has 0 saturated carbocycles. The third kappa shape index (κ3) is 4.30. The summed E-state index contributed by atoms with van der Waals surface area (Å²) in [6, 6.07) is 11.4. The van der Waals surface area contributed by atoms with E-state index in [0.717, 1.165) is 17.3 Å². The molecule has 0 aliphatic rings. The van der Waals surface area contributed by atoms with Gasteiger partial charge in [0.2, 0.25) is 0 Å². The lowest BCUT2D eigenvalue weighted by Crippen LogP contribution is -2.17. The van der Waals surface area contributed by atoms with E-state index < -0.39 is 10.8 Å². The molecule has 0 atom stereocenters. The van der Waals surface area contributed by atoms with E-state index >= 15 is 0 Å². The third-order valence-electron chi connectivity index (χ3n) is 3.19. The Bertz CT molecular complexity index is 788. The summed E-state index contributed by atoms with van der Waals surface area (Å²) >= 11 is 5.71. The zero-order valence-electron chi connectivity index (χ0n) is 13.1. The molecule has 0 fully saturated rings. The fourth-order valence-corrected chi connectivity index (χ4v) is 2.07. The Balaban J connectivity index is 2.05.